The van der Waals surface area contributed by atoms with Gasteiger partial charge in [0.15, 0.2) is 0 Å². The minimum Gasteiger partial charge on any atom is -0.377 e. The number of ether oxygens (including phenoxy) is 3. The highest BCUT2D eigenvalue weighted by molar-refractivity contribution is 5.16. The Balaban J connectivity index is 1.33. The van der Waals surface area contributed by atoms with Gasteiger partial charge in [-0.15, -0.1) is 0 Å². The van der Waals surface area contributed by atoms with Crippen LogP contribution in [-0.4, -0.2) is 76.3 Å². The second-order valence-electron chi connectivity index (χ2n) is 15.8. The van der Waals surface area contributed by atoms with Crippen molar-refractivity contribution in [1.29, 1.82) is 0 Å². The number of hydrogen-bond donors (Lipinski definition) is 3. The fourth-order valence-electron chi connectivity index (χ4n) is 11.2. The molecule has 0 bridgehead atoms. The Morgan fingerprint density at radius 3 is 2.31 bits per heavy atom. The van der Waals surface area contributed by atoms with Gasteiger partial charge >= 0.3 is 0 Å². The van der Waals surface area contributed by atoms with Crippen molar-refractivity contribution < 1.29 is 14.2 Å². The molecule has 7 nitrogen and oxygen atoms in total. The predicted molar refractivity (Wildman–Crippen MR) is 184 cm³/mol. The highest BCUT2D eigenvalue weighted by atomic mass is 16.5. The smallest absolute Gasteiger partial charge is 0.0637 e. The maximum atomic E-state index is 6.87. The third kappa shape index (κ3) is 7.50. The van der Waals surface area contributed by atoms with E-state index in [1.807, 2.05) is 0 Å². The van der Waals surface area contributed by atoms with Crippen LogP contribution >= 0.6 is 0 Å². The summed E-state index contributed by atoms with van der Waals surface area (Å²) in [4.78, 5) is 2.48. The van der Waals surface area contributed by atoms with E-state index in [0.717, 1.165) is 38.8 Å². The van der Waals surface area contributed by atoms with E-state index in [4.69, 9.17) is 31.4 Å². The van der Waals surface area contributed by atoms with E-state index in [0.29, 0.717) is 81.1 Å². The average Bonchev–Trinajstić information content (AvgIpc) is 3.40. The lowest BCUT2D eigenvalue weighted by Gasteiger charge is -2.64. The molecular weight excluding hydrogens is 560 g/mol. The van der Waals surface area contributed by atoms with Crippen LogP contribution < -0.4 is 17.2 Å². The fourth-order valence-corrected chi connectivity index (χ4v) is 11.2. The van der Waals surface area contributed by atoms with Crippen molar-refractivity contribution in [3.8, 4) is 0 Å². The maximum Gasteiger partial charge on any atom is 0.0637 e. The molecule has 0 aromatic heterocycles. The topological polar surface area (TPSA) is 109 Å². The number of fused-ring (bicyclic) bond motifs is 5. The van der Waals surface area contributed by atoms with Gasteiger partial charge in [0.2, 0.25) is 0 Å². The quantitative estimate of drug-likeness (QED) is 0.224. The summed E-state index contributed by atoms with van der Waals surface area (Å²) < 4.78 is 19.9. The molecule has 0 saturated heterocycles. The highest BCUT2D eigenvalue weighted by Gasteiger charge is 2.66. The second-order valence-corrected chi connectivity index (χ2v) is 15.8. The number of benzene rings is 1. The summed E-state index contributed by atoms with van der Waals surface area (Å²) in [5.74, 6) is 3.69. The second kappa shape index (κ2) is 15.9. The van der Waals surface area contributed by atoms with E-state index in [2.05, 4.69) is 63.1 Å². The molecule has 1 aromatic carbocycles. The predicted octanol–water partition coefficient (Wildman–Crippen LogP) is 5.45. The number of nitrogens with two attached hydrogens (primary N) is 3. The van der Waals surface area contributed by atoms with Crippen LogP contribution in [0.3, 0.4) is 0 Å². The van der Waals surface area contributed by atoms with Crippen LogP contribution in [0, 0.1) is 46.3 Å². The third-order valence-electron chi connectivity index (χ3n) is 13.3. The SMILES string of the molecule is CC(CCCN(C)Cc1ccccc1)[C@H]1CC[C@H]2C3[C@H](OCCN)CC4C[C@H](OCCN)CC[C@]4(C)[C@H]3C[C@H](OCCN)[C@]12C. The van der Waals surface area contributed by atoms with Gasteiger partial charge in [0.1, 0.15) is 0 Å². The van der Waals surface area contributed by atoms with Crippen LogP contribution in [0.5, 0.6) is 0 Å². The van der Waals surface area contributed by atoms with Crippen molar-refractivity contribution in [3.05, 3.63) is 35.9 Å². The summed E-state index contributed by atoms with van der Waals surface area (Å²) in [5.41, 5.74) is 19.7. The molecule has 0 spiro atoms. The summed E-state index contributed by atoms with van der Waals surface area (Å²) in [6, 6.07) is 10.8. The first kappa shape index (κ1) is 35.3. The molecule has 6 N–H and O–H groups in total. The van der Waals surface area contributed by atoms with Gasteiger partial charge in [-0.05, 0) is 118 Å². The van der Waals surface area contributed by atoms with Crippen LogP contribution in [0.2, 0.25) is 0 Å². The molecule has 11 atom stereocenters. The van der Waals surface area contributed by atoms with Crippen molar-refractivity contribution in [2.45, 2.75) is 103 Å². The van der Waals surface area contributed by atoms with Gasteiger partial charge in [0.05, 0.1) is 38.1 Å². The van der Waals surface area contributed by atoms with Gasteiger partial charge in [-0.1, -0.05) is 51.1 Å². The Labute approximate surface area is 274 Å². The molecule has 1 aromatic rings. The monoisotopic (exact) mass is 627 g/mol. The van der Waals surface area contributed by atoms with Gasteiger partial charge in [-0.2, -0.15) is 0 Å². The molecule has 0 amide bonds. The van der Waals surface area contributed by atoms with Crippen LogP contribution in [0.1, 0.15) is 84.1 Å². The van der Waals surface area contributed by atoms with Crippen molar-refractivity contribution >= 4 is 0 Å². The summed E-state index contributed by atoms with van der Waals surface area (Å²) in [7, 11) is 2.26. The lowest BCUT2D eigenvalue weighted by atomic mass is 9.43. The summed E-state index contributed by atoms with van der Waals surface area (Å²) in [5, 5.41) is 0. The Bertz CT molecular complexity index is 1030. The van der Waals surface area contributed by atoms with Gasteiger partial charge in [0, 0.05) is 31.6 Å². The molecule has 0 radical (unpaired) electrons. The third-order valence-corrected chi connectivity index (χ3v) is 13.3. The van der Waals surface area contributed by atoms with E-state index in [-0.39, 0.29) is 23.0 Å². The summed E-state index contributed by atoms with van der Waals surface area (Å²) >= 11 is 0. The maximum absolute atomic E-state index is 6.87. The molecule has 5 rings (SSSR count). The van der Waals surface area contributed by atoms with E-state index >= 15 is 0 Å². The van der Waals surface area contributed by atoms with Gasteiger partial charge in [0.25, 0.3) is 0 Å². The number of rotatable bonds is 16. The van der Waals surface area contributed by atoms with Crippen LogP contribution in [-0.2, 0) is 20.8 Å². The number of nitrogens with zero attached hydrogens (tertiary/aromatic N) is 1. The normalized spacial score (nSPS) is 38.5. The van der Waals surface area contributed by atoms with Crippen molar-refractivity contribution in [3.63, 3.8) is 0 Å². The lowest BCUT2D eigenvalue weighted by molar-refractivity contribution is -0.226. The van der Waals surface area contributed by atoms with E-state index in [1.54, 1.807) is 0 Å². The Hall–Kier alpha value is -1.06. The van der Waals surface area contributed by atoms with E-state index in [1.165, 1.54) is 37.7 Å². The molecule has 0 aliphatic heterocycles. The molecule has 256 valence electrons. The zero-order chi connectivity index (χ0) is 32.0. The standard InChI is InChI=1S/C38H66N4O3/c1-27(9-8-19-42(4)26-28-10-6-5-7-11-28)31-12-13-32-36-33(25-35(38(31,32)3)45-22-18-41)37(2)15-14-30(43-20-16-39)23-29(37)24-34(36)44-21-17-40/h5-7,10-11,27,29-36H,8-9,12-26,39-41H2,1-4H3/t27?,29?,30-,31-,32+,33+,34-,35+,36?,37+,38-/m1/s1. The molecular formula is C38H66N4O3. The summed E-state index contributed by atoms with van der Waals surface area (Å²) in [6.07, 6.45) is 11.7. The lowest BCUT2D eigenvalue weighted by Crippen LogP contribution is -2.63. The molecule has 7 heteroatoms. The van der Waals surface area contributed by atoms with E-state index in [9.17, 15) is 0 Å². The van der Waals surface area contributed by atoms with Crippen molar-refractivity contribution in [1.82, 2.24) is 4.90 Å². The summed E-state index contributed by atoms with van der Waals surface area (Å²) in [6.45, 7) is 13.6. The van der Waals surface area contributed by atoms with E-state index < -0.39 is 0 Å². The molecule has 45 heavy (non-hydrogen) atoms. The highest BCUT2D eigenvalue weighted by Crippen LogP contribution is 2.69. The molecule has 4 aliphatic carbocycles. The van der Waals surface area contributed by atoms with Crippen LogP contribution in [0.25, 0.3) is 0 Å². The minimum atomic E-state index is 0.140. The molecule has 4 saturated carbocycles. The fraction of sp³-hybridized carbons (Fsp3) is 0.842. The number of hydrogen-bond acceptors (Lipinski definition) is 7. The van der Waals surface area contributed by atoms with Crippen LogP contribution in [0.4, 0.5) is 0 Å². The Kier molecular flexibility index (Phi) is 12.4. The van der Waals surface area contributed by atoms with Gasteiger partial charge in [-0.25, -0.2) is 0 Å². The minimum absolute atomic E-state index is 0.140. The van der Waals surface area contributed by atoms with Crippen LogP contribution in [0.15, 0.2) is 30.3 Å². The van der Waals surface area contributed by atoms with Gasteiger partial charge < -0.3 is 36.3 Å². The molecule has 4 aliphatic rings. The largest absolute Gasteiger partial charge is 0.377 e. The molecule has 4 fully saturated rings. The zero-order valence-corrected chi connectivity index (χ0v) is 29.0. The Morgan fingerprint density at radius 2 is 1.58 bits per heavy atom. The first-order valence-electron chi connectivity index (χ1n) is 18.4. The van der Waals surface area contributed by atoms with Gasteiger partial charge in [-0.3, -0.25) is 0 Å². The first-order chi connectivity index (χ1) is 21.8. The zero-order valence-electron chi connectivity index (χ0n) is 29.0. The Morgan fingerprint density at radius 1 is 0.867 bits per heavy atom. The van der Waals surface area contributed by atoms with Crippen molar-refractivity contribution in [2.75, 3.05) is 53.0 Å². The first-order valence-corrected chi connectivity index (χ1v) is 18.4. The average molecular weight is 627 g/mol. The molecule has 0 heterocycles. The van der Waals surface area contributed by atoms with Crippen molar-refractivity contribution in [2.24, 2.45) is 63.5 Å². The molecule has 3 unspecified atom stereocenters.